The molecule has 7 heteroatoms. The third-order valence-corrected chi connectivity index (χ3v) is 4.48. The Hall–Kier alpha value is -2.86. The molecular weight excluding hydrogens is 394 g/mol. The number of ether oxygens (including phenoxy) is 4. The Morgan fingerprint density at radius 2 is 2.10 bits per heavy atom. The summed E-state index contributed by atoms with van der Waals surface area (Å²) in [4.78, 5) is 12.2. The van der Waals surface area contributed by atoms with Crippen LogP contribution in [-0.2, 0) is 4.79 Å². The van der Waals surface area contributed by atoms with Gasteiger partial charge in [0.25, 0.3) is 0 Å². The third kappa shape index (κ3) is 5.57. The van der Waals surface area contributed by atoms with Gasteiger partial charge < -0.3 is 24.3 Å². The Morgan fingerprint density at radius 1 is 1.31 bits per heavy atom. The number of nitrogens with one attached hydrogen (secondary N) is 1. The molecule has 0 spiro atoms. The van der Waals surface area contributed by atoms with Gasteiger partial charge in [0.05, 0.1) is 25.3 Å². The van der Waals surface area contributed by atoms with Gasteiger partial charge in [-0.2, -0.15) is 0 Å². The number of halogens is 1. The van der Waals surface area contributed by atoms with Crippen molar-refractivity contribution in [1.82, 2.24) is 5.32 Å². The number of benzene rings is 2. The molecule has 1 atom stereocenters. The molecule has 1 aliphatic heterocycles. The highest BCUT2D eigenvalue weighted by molar-refractivity contribution is 6.32. The molecule has 0 bridgehead atoms. The van der Waals surface area contributed by atoms with E-state index in [-0.39, 0.29) is 12.0 Å². The van der Waals surface area contributed by atoms with Gasteiger partial charge in [-0.15, -0.1) is 0 Å². The van der Waals surface area contributed by atoms with E-state index in [2.05, 4.69) is 5.32 Å². The van der Waals surface area contributed by atoms with E-state index in [1.54, 1.807) is 25.3 Å². The molecule has 0 unspecified atom stereocenters. The lowest BCUT2D eigenvalue weighted by atomic mass is 10.2. The van der Waals surface area contributed by atoms with E-state index in [1.807, 2.05) is 31.2 Å². The molecule has 3 rings (SSSR count). The second-order valence-electron chi connectivity index (χ2n) is 6.46. The van der Waals surface area contributed by atoms with E-state index in [0.717, 1.165) is 12.0 Å². The van der Waals surface area contributed by atoms with Crippen molar-refractivity contribution in [2.45, 2.75) is 19.4 Å². The summed E-state index contributed by atoms with van der Waals surface area (Å²) in [5.74, 6) is 2.19. The predicted molar refractivity (Wildman–Crippen MR) is 112 cm³/mol. The molecule has 1 aliphatic rings. The summed E-state index contributed by atoms with van der Waals surface area (Å²) in [5.41, 5.74) is 0.733. The molecule has 1 N–H and O–H groups in total. The summed E-state index contributed by atoms with van der Waals surface area (Å²) in [6.07, 6.45) is 3.73. The Balaban J connectivity index is 1.56. The van der Waals surface area contributed by atoms with Crippen LogP contribution in [0.1, 0.15) is 18.9 Å². The monoisotopic (exact) mass is 417 g/mol. The van der Waals surface area contributed by atoms with Crippen LogP contribution in [0, 0.1) is 0 Å². The summed E-state index contributed by atoms with van der Waals surface area (Å²) in [5, 5.41) is 3.25. The molecule has 0 saturated heterocycles. The molecule has 0 aliphatic carbocycles. The van der Waals surface area contributed by atoms with E-state index in [4.69, 9.17) is 30.5 Å². The smallest absolute Gasteiger partial charge is 0.244 e. The SMILES string of the molecule is CCCOc1c(Cl)cc(/C=C/C(=O)NC[C@@H]2COc3ccccc3O2)cc1OC. The molecule has 1 heterocycles. The molecule has 29 heavy (non-hydrogen) atoms. The summed E-state index contributed by atoms with van der Waals surface area (Å²) in [6, 6.07) is 11.0. The maximum absolute atomic E-state index is 12.2. The zero-order valence-corrected chi connectivity index (χ0v) is 17.2. The topological polar surface area (TPSA) is 66.0 Å². The number of para-hydroxylation sites is 2. The van der Waals surface area contributed by atoms with Crippen LogP contribution in [0.5, 0.6) is 23.0 Å². The zero-order valence-electron chi connectivity index (χ0n) is 16.4. The van der Waals surface area contributed by atoms with E-state index in [1.165, 1.54) is 6.08 Å². The number of carbonyl (C=O) groups is 1. The van der Waals surface area contributed by atoms with Crippen LogP contribution in [0.4, 0.5) is 0 Å². The summed E-state index contributed by atoms with van der Waals surface area (Å²) < 4.78 is 22.5. The van der Waals surface area contributed by atoms with Gasteiger partial charge in [0.15, 0.2) is 23.0 Å². The Labute approximate surface area is 175 Å². The molecule has 0 saturated carbocycles. The van der Waals surface area contributed by atoms with Crippen molar-refractivity contribution in [1.29, 1.82) is 0 Å². The van der Waals surface area contributed by atoms with Gasteiger partial charge >= 0.3 is 0 Å². The van der Waals surface area contributed by atoms with Crippen molar-refractivity contribution in [2.75, 3.05) is 26.9 Å². The second-order valence-corrected chi connectivity index (χ2v) is 6.87. The molecule has 0 fully saturated rings. The minimum atomic E-state index is -0.244. The van der Waals surface area contributed by atoms with Crippen LogP contribution in [0.3, 0.4) is 0 Å². The standard InChI is InChI=1S/C22H24ClNO5/c1-3-10-27-22-17(23)11-15(12-20(22)26-2)8-9-21(25)24-13-16-14-28-18-6-4-5-7-19(18)29-16/h4-9,11-12,16H,3,10,13-14H2,1-2H3,(H,24,25)/b9-8+/t16-/m1/s1. The second kappa shape index (κ2) is 10.1. The molecule has 6 nitrogen and oxygen atoms in total. The number of carbonyl (C=O) groups excluding carboxylic acids is 1. The van der Waals surface area contributed by atoms with Crippen molar-refractivity contribution in [3.63, 3.8) is 0 Å². The third-order valence-electron chi connectivity index (χ3n) is 4.20. The van der Waals surface area contributed by atoms with Crippen LogP contribution in [0.15, 0.2) is 42.5 Å². The quantitative estimate of drug-likeness (QED) is 0.655. The van der Waals surface area contributed by atoms with Crippen LogP contribution < -0.4 is 24.3 Å². The maximum Gasteiger partial charge on any atom is 0.244 e. The molecule has 2 aromatic rings. The highest BCUT2D eigenvalue weighted by Gasteiger charge is 2.20. The number of rotatable bonds is 8. The lowest BCUT2D eigenvalue weighted by molar-refractivity contribution is -0.116. The van der Waals surface area contributed by atoms with Crippen molar-refractivity contribution in [3.8, 4) is 23.0 Å². The first kappa shape index (κ1) is 20.9. The fourth-order valence-corrected chi connectivity index (χ4v) is 3.06. The minimum Gasteiger partial charge on any atom is -0.493 e. The van der Waals surface area contributed by atoms with Gasteiger partial charge in [0.2, 0.25) is 5.91 Å². The summed E-state index contributed by atoms with van der Waals surface area (Å²) >= 11 is 6.30. The van der Waals surface area contributed by atoms with Gasteiger partial charge in [-0.25, -0.2) is 0 Å². The summed E-state index contributed by atoms with van der Waals surface area (Å²) in [7, 11) is 1.55. The number of hydrogen-bond donors (Lipinski definition) is 1. The maximum atomic E-state index is 12.2. The highest BCUT2D eigenvalue weighted by atomic mass is 35.5. The van der Waals surface area contributed by atoms with E-state index >= 15 is 0 Å². The largest absolute Gasteiger partial charge is 0.493 e. The zero-order chi connectivity index (χ0) is 20.6. The van der Waals surface area contributed by atoms with Crippen LogP contribution >= 0.6 is 11.6 Å². The molecule has 2 aromatic carbocycles. The minimum absolute atomic E-state index is 0.242. The fourth-order valence-electron chi connectivity index (χ4n) is 2.79. The average Bonchev–Trinajstić information content (AvgIpc) is 2.75. The normalized spacial score (nSPS) is 15.2. The Morgan fingerprint density at radius 3 is 2.86 bits per heavy atom. The number of amides is 1. The van der Waals surface area contributed by atoms with Gasteiger partial charge in [0, 0.05) is 6.08 Å². The molecule has 0 radical (unpaired) electrons. The van der Waals surface area contributed by atoms with Crippen LogP contribution in [0.2, 0.25) is 5.02 Å². The fraction of sp³-hybridized carbons (Fsp3) is 0.318. The first-order chi connectivity index (χ1) is 14.1. The van der Waals surface area contributed by atoms with E-state index in [0.29, 0.717) is 47.8 Å². The van der Waals surface area contributed by atoms with Gasteiger partial charge in [-0.3, -0.25) is 4.79 Å². The first-order valence-electron chi connectivity index (χ1n) is 9.45. The molecule has 1 amide bonds. The van der Waals surface area contributed by atoms with Crippen molar-refractivity contribution in [3.05, 3.63) is 53.1 Å². The van der Waals surface area contributed by atoms with Crippen LogP contribution in [-0.4, -0.2) is 38.9 Å². The average molecular weight is 418 g/mol. The number of fused-ring (bicyclic) bond motifs is 1. The van der Waals surface area contributed by atoms with Gasteiger partial charge in [-0.1, -0.05) is 30.7 Å². The van der Waals surface area contributed by atoms with E-state index < -0.39 is 0 Å². The van der Waals surface area contributed by atoms with Gasteiger partial charge in [-0.05, 0) is 42.3 Å². The summed E-state index contributed by atoms with van der Waals surface area (Å²) in [6.45, 7) is 3.28. The van der Waals surface area contributed by atoms with Crippen molar-refractivity contribution >= 4 is 23.6 Å². The van der Waals surface area contributed by atoms with Crippen LogP contribution in [0.25, 0.3) is 6.08 Å². The predicted octanol–water partition coefficient (Wildman–Crippen LogP) is 4.11. The first-order valence-corrected chi connectivity index (χ1v) is 9.83. The van der Waals surface area contributed by atoms with Crippen molar-refractivity contribution in [2.24, 2.45) is 0 Å². The lowest BCUT2D eigenvalue weighted by Crippen LogP contribution is -2.40. The lowest BCUT2D eigenvalue weighted by Gasteiger charge is -2.26. The van der Waals surface area contributed by atoms with Gasteiger partial charge in [0.1, 0.15) is 12.7 Å². The Kier molecular flexibility index (Phi) is 7.25. The molecule has 0 aromatic heterocycles. The Bertz CT molecular complexity index is 884. The molecular formula is C22H24ClNO5. The number of hydrogen-bond acceptors (Lipinski definition) is 5. The highest BCUT2D eigenvalue weighted by Crippen LogP contribution is 2.37. The van der Waals surface area contributed by atoms with Crippen molar-refractivity contribution < 1.29 is 23.7 Å². The molecule has 154 valence electrons. The van der Waals surface area contributed by atoms with E-state index in [9.17, 15) is 4.79 Å². The number of methoxy groups -OCH3 is 1.